The van der Waals surface area contributed by atoms with Crippen LogP contribution in [0, 0.1) is 0 Å². The molecule has 1 aromatic rings. The van der Waals surface area contributed by atoms with Gasteiger partial charge in [-0.25, -0.2) is 0 Å². The fourth-order valence-electron chi connectivity index (χ4n) is 2.57. The van der Waals surface area contributed by atoms with E-state index in [1.165, 1.54) is 6.07 Å². The number of hydrogen-bond acceptors (Lipinski definition) is 2. The number of aromatic hydroxyl groups is 2. The minimum absolute atomic E-state index is 0.105. The predicted molar refractivity (Wildman–Crippen MR) is 69.3 cm³/mol. The average Bonchev–Trinajstić information content (AvgIpc) is 2.30. The maximum atomic E-state index is 10.0. The molecule has 0 bridgehead atoms. The van der Waals surface area contributed by atoms with Crippen molar-refractivity contribution in [2.45, 2.75) is 31.6 Å². The number of allylic oxidation sites excluding steroid dienone is 4. The molecule has 2 heteroatoms. The zero-order chi connectivity index (χ0) is 12.3. The zero-order valence-electron chi connectivity index (χ0n) is 10.1. The van der Waals surface area contributed by atoms with Gasteiger partial charge in [-0.1, -0.05) is 43.7 Å². The number of benzene rings is 1. The van der Waals surface area contributed by atoms with Crippen molar-refractivity contribution in [2.75, 3.05) is 0 Å². The maximum Gasteiger partial charge on any atom is 0.123 e. The van der Waals surface area contributed by atoms with Crippen molar-refractivity contribution in [1.29, 1.82) is 0 Å². The molecule has 2 rings (SSSR count). The van der Waals surface area contributed by atoms with E-state index in [4.69, 9.17) is 0 Å². The lowest BCUT2D eigenvalue weighted by atomic mass is 9.72. The van der Waals surface area contributed by atoms with Crippen LogP contribution in [-0.4, -0.2) is 10.2 Å². The molecule has 0 saturated heterocycles. The minimum atomic E-state index is -0.124. The first-order chi connectivity index (χ1) is 8.18. The summed E-state index contributed by atoms with van der Waals surface area (Å²) in [4.78, 5) is 0. The molecule has 2 nitrogen and oxygen atoms in total. The molecule has 1 aromatic carbocycles. The van der Waals surface area contributed by atoms with Gasteiger partial charge in [0.1, 0.15) is 11.5 Å². The average molecular weight is 230 g/mol. The second-order valence-electron chi connectivity index (χ2n) is 4.60. The van der Waals surface area contributed by atoms with Crippen molar-refractivity contribution in [2.24, 2.45) is 0 Å². The molecular weight excluding hydrogens is 212 g/mol. The second kappa shape index (κ2) is 4.66. The van der Waals surface area contributed by atoms with E-state index in [0.717, 1.165) is 24.8 Å². The molecule has 0 aliphatic heterocycles. The molecule has 17 heavy (non-hydrogen) atoms. The lowest BCUT2D eigenvalue weighted by Gasteiger charge is -2.32. The molecule has 90 valence electrons. The molecule has 0 spiro atoms. The summed E-state index contributed by atoms with van der Waals surface area (Å²) in [5.74, 6) is 0.284. The Kier molecular flexibility index (Phi) is 3.23. The molecule has 0 aromatic heterocycles. The summed E-state index contributed by atoms with van der Waals surface area (Å²) >= 11 is 0. The summed E-state index contributed by atoms with van der Waals surface area (Å²) in [5, 5.41) is 19.4. The van der Waals surface area contributed by atoms with Crippen molar-refractivity contribution >= 4 is 0 Å². The molecule has 2 N–H and O–H groups in total. The highest BCUT2D eigenvalue weighted by molar-refractivity contribution is 5.47. The lowest BCUT2D eigenvalue weighted by molar-refractivity contribution is 0.415. The van der Waals surface area contributed by atoms with E-state index < -0.39 is 0 Å². The van der Waals surface area contributed by atoms with Gasteiger partial charge in [0.05, 0.1) is 0 Å². The highest BCUT2D eigenvalue weighted by Gasteiger charge is 2.30. The van der Waals surface area contributed by atoms with Crippen molar-refractivity contribution in [3.63, 3.8) is 0 Å². The van der Waals surface area contributed by atoms with Gasteiger partial charge in [0, 0.05) is 17.0 Å². The van der Waals surface area contributed by atoms with E-state index in [1.54, 1.807) is 6.07 Å². The van der Waals surface area contributed by atoms with E-state index in [2.05, 4.69) is 19.1 Å². The Hall–Kier alpha value is -1.70. The lowest BCUT2D eigenvalue weighted by Crippen LogP contribution is -2.24. The van der Waals surface area contributed by atoms with Gasteiger partial charge in [-0.3, -0.25) is 0 Å². The summed E-state index contributed by atoms with van der Waals surface area (Å²) in [7, 11) is 0. The first kappa shape index (κ1) is 11.8. The third-order valence-corrected chi connectivity index (χ3v) is 3.36. The quantitative estimate of drug-likeness (QED) is 0.832. The third-order valence-electron chi connectivity index (χ3n) is 3.36. The smallest absolute Gasteiger partial charge is 0.123 e. The van der Waals surface area contributed by atoms with Gasteiger partial charge < -0.3 is 10.2 Å². The predicted octanol–water partition coefficient (Wildman–Crippen LogP) is 3.65. The van der Waals surface area contributed by atoms with Gasteiger partial charge >= 0.3 is 0 Å². The first-order valence-electron chi connectivity index (χ1n) is 6.05. The normalized spacial score (nSPS) is 22.9. The third kappa shape index (κ3) is 2.21. The highest BCUT2D eigenvalue weighted by Crippen LogP contribution is 2.42. The Bertz CT molecular complexity index is 460. The Balaban J connectivity index is 2.46. The largest absolute Gasteiger partial charge is 0.508 e. The van der Waals surface area contributed by atoms with Crippen molar-refractivity contribution < 1.29 is 10.2 Å². The van der Waals surface area contributed by atoms with Gasteiger partial charge in [-0.05, 0) is 18.9 Å². The van der Waals surface area contributed by atoms with E-state index in [9.17, 15) is 10.2 Å². The van der Waals surface area contributed by atoms with Crippen LogP contribution >= 0.6 is 0 Å². The fourth-order valence-corrected chi connectivity index (χ4v) is 2.57. The molecule has 1 aliphatic rings. The zero-order valence-corrected chi connectivity index (χ0v) is 10.1. The van der Waals surface area contributed by atoms with Crippen molar-refractivity contribution in [3.05, 3.63) is 48.1 Å². The van der Waals surface area contributed by atoms with Gasteiger partial charge in [0.2, 0.25) is 0 Å². The molecule has 1 atom stereocenters. The summed E-state index contributed by atoms with van der Waals surface area (Å²) in [6.07, 6.45) is 11.3. The first-order valence-corrected chi connectivity index (χ1v) is 6.05. The van der Waals surface area contributed by atoms with E-state index in [0.29, 0.717) is 0 Å². The van der Waals surface area contributed by atoms with Crippen LogP contribution in [0.5, 0.6) is 11.5 Å². The van der Waals surface area contributed by atoms with Gasteiger partial charge in [0.15, 0.2) is 0 Å². The molecule has 0 saturated carbocycles. The topological polar surface area (TPSA) is 40.5 Å². The SMILES string of the molecule is CCCC1(c2ccc(O)cc2O)C=CC=CC1. The van der Waals surface area contributed by atoms with Crippen LogP contribution in [0.4, 0.5) is 0 Å². The van der Waals surface area contributed by atoms with Crippen LogP contribution in [0.3, 0.4) is 0 Å². The number of phenolic OH excluding ortho intramolecular Hbond substituents is 2. The van der Waals surface area contributed by atoms with Gasteiger partial charge in [-0.2, -0.15) is 0 Å². The second-order valence-corrected chi connectivity index (χ2v) is 4.60. The molecule has 0 amide bonds. The van der Waals surface area contributed by atoms with Crippen molar-refractivity contribution in [1.82, 2.24) is 0 Å². The molecule has 0 radical (unpaired) electrons. The Morgan fingerprint density at radius 1 is 1.24 bits per heavy atom. The molecule has 1 unspecified atom stereocenters. The summed E-state index contributed by atoms with van der Waals surface area (Å²) in [6, 6.07) is 4.88. The number of hydrogen-bond donors (Lipinski definition) is 2. The van der Waals surface area contributed by atoms with E-state index in [-0.39, 0.29) is 16.9 Å². The van der Waals surface area contributed by atoms with Crippen LogP contribution in [0.2, 0.25) is 0 Å². The Labute approximate surface area is 102 Å². The number of phenols is 2. The highest BCUT2D eigenvalue weighted by atomic mass is 16.3. The maximum absolute atomic E-state index is 10.0. The molecule has 1 aliphatic carbocycles. The fraction of sp³-hybridized carbons (Fsp3) is 0.333. The van der Waals surface area contributed by atoms with Crippen LogP contribution in [0.1, 0.15) is 31.7 Å². The molecule has 0 heterocycles. The van der Waals surface area contributed by atoms with Crippen molar-refractivity contribution in [3.8, 4) is 11.5 Å². The Morgan fingerprint density at radius 2 is 2.06 bits per heavy atom. The van der Waals surface area contributed by atoms with Crippen LogP contribution in [0.25, 0.3) is 0 Å². The van der Waals surface area contributed by atoms with Crippen LogP contribution < -0.4 is 0 Å². The summed E-state index contributed by atoms with van der Waals surface area (Å²) in [6.45, 7) is 2.14. The monoisotopic (exact) mass is 230 g/mol. The van der Waals surface area contributed by atoms with E-state index >= 15 is 0 Å². The van der Waals surface area contributed by atoms with E-state index in [1.807, 2.05) is 18.2 Å². The van der Waals surface area contributed by atoms with Gasteiger partial charge in [0.25, 0.3) is 0 Å². The van der Waals surface area contributed by atoms with Gasteiger partial charge in [-0.15, -0.1) is 0 Å². The molecule has 0 fully saturated rings. The summed E-state index contributed by atoms with van der Waals surface area (Å²) in [5.41, 5.74) is 0.777. The van der Waals surface area contributed by atoms with Crippen LogP contribution in [0.15, 0.2) is 42.5 Å². The Morgan fingerprint density at radius 3 is 2.65 bits per heavy atom. The van der Waals surface area contributed by atoms with Crippen LogP contribution in [-0.2, 0) is 5.41 Å². The minimum Gasteiger partial charge on any atom is -0.508 e. The summed E-state index contributed by atoms with van der Waals surface area (Å²) < 4.78 is 0. The standard InChI is InChI=1S/C15H18O2/c1-2-8-15(9-4-3-5-10-15)13-7-6-12(16)11-14(13)17/h3-7,9,11,16-17H,2,8,10H2,1H3. The number of rotatable bonds is 3. The molecular formula is C15H18O2.